The Labute approximate surface area is 92.5 Å². The fraction of sp³-hybridized carbons (Fsp3) is 1.00. The minimum Gasteiger partial charge on any atom is -0.271 e. The van der Waals surface area contributed by atoms with E-state index in [-0.39, 0.29) is 0 Å². The maximum Gasteiger partial charge on any atom is 0.0239 e. The van der Waals surface area contributed by atoms with Crippen LogP contribution >= 0.6 is 11.6 Å². The van der Waals surface area contributed by atoms with Gasteiger partial charge in [0.1, 0.15) is 0 Å². The lowest BCUT2D eigenvalue weighted by molar-refractivity contribution is 0.222. The summed E-state index contributed by atoms with van der Waals surface area (Å²) in [6.45, 7) is 2.35. The minimum atomic E-state index is 0.487. The van der Waals surface area contributed by atoms with Crippen molar-refractivity contribution >= 4 is 11.6 Å². The Balaban J connectivity index is 2.29. The average molecular weight is 219 g/mol. The highest BCUT2D eigenvalue weighted by Crippen LogP contribution is 2.31. The zero-order valence-electron chi connectivity index (χ0n) is 9.14. The molecule has 0 aromatic carbocycles. The smallest absolute Gasteiger partial charge is 0.0239 e. The summed E-state index contributed by atoms with van der Waals surface area (Å²) in [4.78, 5) is 0. The highest BCUT2D eigenvalue weighted by Gasteiger charge is 2.24. The molecule has 0 bridgehead atoms. The number of rotatable bonds is 5. The van der Waals surface area contributed by atoms with Crippen molar-refractivity contribution in [2.24, 2.45) is 17.7 Å². The first-order chi connectivity index (χ1) is 6.77. The molecule has 3 N–H and O–H groups in total. The second-order valence-corrected chi connectivity index (χ2v) is 5.00. The number of hydrazine groups is 1. The van der Waals surface area contributed by atoms with Crippen LogP contribution in [-0.2, 0) is 0 Å². The standard InChI is InChI=1S/C11H23ClN2/c1-9-4-6-10(7-5-9)11(14-13)3-2-8-12/h9-11,14H,2-8,13H2,1H3. The predicted octanol–water partition coefficient (Wildman–Crippen LogP) is 2.66. The minimum absolute atomic E-state index is 0.487. The molecule has 1 atom stereocenters. The van der Waals surface area contributed by atoms with Gasteiger partial charge >= 0.3 is 0 Å². The molecule has 0 aliphatic heterocycles. The summed E-state index contributed by atoms with van der Waals surface area (Å²) < 4.78 is 0. The van der Waals surface area contributed by atoms with E-state index >= 15 is 0 Å². The molecule has 2 nitrogen and oxygen atoms in total. The molecule has 0 amide bonds. The number of alkyl halides is 1. The summed E-state index contributed by atoms with van der Waals surface area (Å²) in [5.41, 5.74) is 2.96. The quantitative estimate of drug-likeness (QED) is 0.423. The molecule has 0 spiro atoms. The van der Waals surface area contributed by atoms with Crippen LogP contribution in [0.15, 0.2) is 0 Å². The van der Waals surface area contributed by atoms with Gasteiger partial charge in [-0.05, 0) is 37.5 Å². The van der Waals surface area contributed by atoms with E-state index in [0.29, 0.717) is 6.04 Å². The van der Waals surface area contributed by atoms with Gasteiger partial charge in [-0.3, -0.25) is 11.3 Å². The predicted molar refractivity (Wildman–Crippen MR) is 62.2 cm³/mol. The van der Waals surface area contributed by atoms with Gasteiger partial charge in [0.25, 0.3) is 0 Å². The second kappa shape index (κ2) is 6.65. The molecule has 1 aliphatic carbocycles. The molecule has 0 heterocycles. The third-order valence-electron chi connectivity index (χ3n) is 3.49. The van der Waals surface area contributed by atoms with Gasteiger partial charge in [0, 0.05) is 11.9 Å². The molecule has 1 rings (SSSR count). The number of hydrogen-bond donors (Lipinski definition) is 2. The molecule has 1 aliphatic rings. The van der Waals surface area contributed by atoms with Crippen molar-refractivity contribution in [2.75, 3.05) is 5.88 Å². The van der Waals surface area contributed by atoms with Gasteiger partial charge < -0.3 is 0 Å². The summed E-state index contributed by atoms with van der Waals surface area (Å²) in [6, 6.07) is 0.487. The van der Waals surface area contributed by atoms with Crippen molar-refractivity contribution in [1.82, 2.24) is 5.43 Å². The van der Waals surface area contributed by atoms with Crippen LogP contribution in [0.1, 0.15) is 45.4 Å². The molecule has 3 heteroatoms. The van der Waals surface area contributed by atoms with Crippen LogP contribution in [0, 0.1) is 11.8 Å². The Morgan fingerprint density at radius 2 is 2.00 bits per heavy atom. The lowest BCUT2D eigenvalue weighted by Gasteiger charge is -2.32. The molecule has 84 valence electrons. The van der Waals surface area contributed by atoms with Crippen LogP contribution in [0.3, 0.4) is 0 Å². The first kappa shape index (κ1) is 12.3. The first-order valence-electron chi connectivity index (χ1n) is 5.80. The molecule has 14 heavy (non-hydrogen) atoms. The topological polar surface area (TPSA) is 38.0 Å². The van der Waals surface area contributed by atoms with E-state index in [4.69, 9.17) is 17.4 Å². The molecule has 0 radical (unpaired) electrons. The summed E-state index contributed by atoms with van der Waals surface area (Å²) in [6.07, 6.45) is 7.59. The van der Waals surface area contributed by atoms with Crippen LogP contribution in [0.4, 0.5) is 0 Å². The van der Waals surface area contributed by atoms with E-state index in [2.05, 4.69) is 12.3 Å². The molecule has 1 unspecified atom stereocenters. The van der Waals surface area contributed by atoms with Gasteiger partial charge in [0.15, 0.2) is 0 Å². The lowest BCUT2D eigenvalue weighted by atomic mass is 9.78. The van der Waals surface area contributed by atoms with Crippen LogP contribution in [0.5, 0.6) is 0 Å². The van der Waals surface area contributed by atoms with Crippen LogP contribution in [0.25, 0.3) is 0 Å². The van der Waals surface area contributed by atoms with Crippen LogP contribution in [0.2, 0.25) is 0 Å². The molecule has 1 saturated carbocycles. The molecule has 0 aromatic rings. The fourth-order valence-corrected chi connectivity index (χ4v) is 2.59. The van der Waals surface area contributed by atoms with Crippen molar-refractivity contribution in [1.29, 1.82) is 0 Å². The van der Waals surface area contributed by atoms with Crippen molar-refractivity contribution in [3.63, 3.8) is 0 Å². The zero-order valence-corrected chi connectivity index (χ0v) is 9.89. The lowest BCUT2D eigenvalue weighted by Crippen LogP contribution is -2.42. The zero-order chi connectivity index (χ0) is 10.4. The number of halogens is 1. The first-order valence-corrected chi connectivity index (χ1v) is 6.33. The Bertz CT molecular complexity index is 141. The second-order valence-electron chi connectivity index (χ2n) is 4.62. The third-order valence-corrected chi connectivity index (χ3v) is 3.76. The summed E-state index contributed by atoms with van der Waals surface area (Å²) in [7, 11) is 0. The summed E-state index contributed by atoms with van der Waals surface area (Å²) in [5.74, 6) is 8.03. The average Bonchev–Trinajstić information content (AvgIpc) is 2.21. The van der Waals surface area contributed by atoms with Gasteiger partial charge in [0.05, 0.1) is 0 Å². The van der Waals surface area contributed by atoms with Crippen molar-refractivity contribution < 1.29 is 0 Å². The van der Waals surface area contributed by atoms with E-state index in [0.717, 1.165) is 30.6 Å². The van der Waals surface area contributed by atoms with E-state index < -0.39 is 0 Å². The summed E-state index contributed by atoms with van der Waals surface area (Å²) >= 11 is 5.70. The highest BCUT2D eigenvalue weighted by atomic mass is 35.5. The van der Waals surface area contributed by atoms with E-state index in [1.54, 1.807) is 0 Å². The SMILES string of the molecule is CC1CCC(C(CCCCl)NN)CC1. The number of nitrogens with one attached hydrogen (secondary N) is 1. The van der Waals surface area contributed by atoms with Crippen LogP contribution < -0.4 is 11.3 Å². The third kappa shape index (κ3) is 3.76. The molecular formula is C11H23ClN2. The maximum atomic E-state index is 5.70. The molecule has 1 fully saturated rings. The van der Waals surface area contributed by atoms with E-state index in [1.807, 2.05) is 0 Å². The Kier molecular flexibility index (Phi) is 5.83. The van der Waals surface area contributed by atoms with E-state index in [1.165, 1.54) is 25.7 Å². The van der Waals surface area contributed by atoms with Gasteiger partial charge in [-0.15, -0.1) is 11.6 Å². The maximum absolute atomic E-state index is 5.70. The van der Waals surface area contributed by atoms with Crippen LogP contribution in [-0.4, -0.2) is 11.9 Å². The van der Waals surface area contributed by atoms with Gasteiger partial charge in [-0.2, -0.15) is 0 Å². The van der Waals surface area contributed by atoms with Gasteiger partial charge in [-0.25, -0.2) is 0 Å². The van der Waals surface area contributed by atoms with Crippen molar-refractivity contribution in [3.05, 3.63) is 0 Å². The number of hydrogen-bond acceptors (Lipinski definition) is 2. The van der Waals surface area contributed by atoms with Gasteiger partial charge in [-0.1, -0.05) is 19.8 Å². The molecule has 0 saturated heterocycles. The van der Waals surface area contributed by atoms with E-state index in [9.17, 15) is 0 Å². The Morgan fingerprint density at radius 3 is 2.50 bits per heavy atom. The Morgan fingerprint density at radius 1 is 1.36 bits per heavy atom. The highest BCUT2D eigenvalue weighted by molar-refractivity contribution is 6.17. The normalized spacial score (nSPS) is 30.2. The van der Waals surface area contributed by atoms with Crippen molar-refractivity contribution in [3.8, 4) is 0 Å². The van der Waals surface area contributed by atoms with Gasteiger partial charge in [0.2, 0.25) is 0 Å². The largest absolute Gasteiger partial charge is 0.271 e. The molecular weight excluding hydrogens is 196 g/mol. The van der Waals surface area contributed by atoms with Crippen molar-refractivity contribution in [2.45, 2.75) is 51.5 Å². The Hall–Kier alpha value is 0.210. The summed E-state index contributed by atoms with van der Waals surface area (Å²) in [5, 5.41) is 0. The monoisotopic (exact) mass is 218 g/mol. The molecule has 0 aromatic heterocycles. The number of nitrogens with two attached hydrogens (primary N) is 1. The fourth-order valence-electron chi connectivity index (χ4n) is 2.44.